The molecular formula is C5H8O2S. The molecule has 0 heterocycles. The van der Waals surface area contributed by atoms with Gasteiger partial charge in [0.2, 0.25) is 0 Å². The normalized spacial score (nSPS) is 9.38. The molecule has 0 atom stereocenters. The number of hydrogen-bond acceptors (Lipinski definition) is 2. The Morgan fingerprint density at radius 3 is 2.00 bits per heavy atom. The van der Waals surface area contributed by atoms with Crippen LogP contribution in [-0.2, 0) is 4.79 Å². The van der Waals surface area contributed by atoms with E-state index in [1.807, 2.05) is 0 Å². The van der Waals surface area contributed by atoms with Gasteiger partial charge in [-0.2, -0.15) is 0 Å². The van der Waals surface area contributed by atoms with E-state index >= 15 is 0 Å². The molecule has 0 aliphatic heterocycles. The zero-order chi connectivity index (χ0) is 6.73. The maximum atomic E-state index is 10.00. The summed E-state index contributed by atoms with van der Waals surface area (Å²) in [6, 6.07) is 0. The number of carbonyl (C=O) groups is 1. The minimum absolute atomic E-state index is 0.0255. The second-order valence-corrected chi connectivity index (χ2v) is 2.26. The SMILES string of the molecule is CC(C)C(=S)C(=O)O. The third-order valence-electron chi connectivity index (χ3n) is 0.735. The first-order valence-electron chi connectivity index (χ1n) is 2.33. The van der Waals surface area contributed by atoms with Gasteiger partial charge >= 0.3 is 5.97 Å². The van der Waals surface area contributed by atoms with Crippen molar-refractivity contribution in [2.24, 2.45) is 5.92 Å². The lowest BCUT2D eigenvalue weighted by Crippen LogP contribution is -2.15. The quantitative estimate of drug-likeness (QED) is 0.571. The predicted molar refractivity (Wildman–Crippen MR) is 35.1 cm³/mol. The van der Waals surface area contributed by atoms with Crippen molar-refractivity contribution in [2.75, 3.05) is 0 Å². The molecule has 0 aromatic rings. The monoisotopic (exact) mass is 132 g/mol. The molecule has 0 saturated heterocycles. The van der Waals surface area contributed by atoms with E-state index in [4.69, 9.17) is 5.11 Å². The molecule has 0 fully saturated rings. The highest BCUT2D eigenvalue weighted by molar-refractivity contribution is 7.82. The minimum Gasteiger partial charge on any atom is -0.477 e. The van der Waals surface area contributed by atoms with Crippen LogP contribution in [0.2, 0.25) is 0 Å². The lowest BCUT2D eigenvalue weighted by Gasteiger charge is -1.97. The second-order valence-electron chi connectivity index (χ2n) is 1.82. The average Bonchev–Trinajstić information content (AvgIpc) is 1.64. The van der Waals surface area contributed by atoms with Gasteiger partial charge < -0.3 is 5.11 Å². The summed E-state index contributed by atoms with van der Waals surface area (Å²) >= 11 is 4.50. The molecule has 3 heteroatoms. The first kappa shape index (κ1) is 7.56. The van der Waals surface area contributed by atoms with Crippen LogP contribution in [0.1, 0.15) is 13.8 Å². The summed E-state index contributed by atoms with van der Waals surface area (Å²) in [4.78, 5) is 10.1. The highest BCUT2D eigenvalue weighted by Crippen LogP contribution is 1.95. The summed E-state index contributed by atoms with van der Waals surface area (Å²) in [5, 5.41) is 8.21. The number of carboxylic acids is 1. The molecule has 0 bridgehead atoms. The molecular weight excluding hydrogens is 124 g/mol. The van der Waals surface area contributed by atoms with E-state index < -0.39 is 5.97 Å². The average molecular weight is 132 g/mol. The van der Waals surface area contributed by atoms with E-state index in [2.05, 4.69) is 12.2 Å². The molecule has 0 spiro atoms. The molecule has 0 rings (SSSR count). The highest BCUT2D eigenvalue weighted by atomic mass is 32.1. The molecule has 0 unspecified atom stereocenters. The number of rotatable bonds is 2. The molecule has 1 N–H and O–H groups in total. The molecule has 0 aromatic carbocycles. The molecule has 2 nitrogen and oxygen atoms in total. The summed E-state index contributed by atoms with van der Waals surface area (Å²) in [6.07, 6.45) is 0. The Morgan fingerprint density at radius 1 is 1.62 bits per heavy atom. The van der Waals surface area contributed by atoms with Gasteiger partial charge in [-0.25, -0.2) is 4.79 Å². The van der Waals surface area contributed by atoms with E-state index in [1.165, 1.54) is 0 Å². The maximum Gasteiger partial charge on any atom is 0.342 e. The number of carboxylic acid groups (broad SMARTS) is 1. The molecule has 0 saturated carbocycles. The van der Waals surface area contributed by atoms with Crippen molar-refractivity contribution in [1.82, 2.24) is 0 Å². The lowest BCUT2D eigenvalue weighted by atomic mass is 10.1. The Hall–Kier alpha value is -0.440. The van der Waals surface area contributed by atoms with Crippen molar-refractivity contribution >= 4 is 23.1 Å². The predicted octanol–water partition coefficient (Wildman–Crippen LogP) is 1.10. The third kappa shape index (κ3) is 2.02. The smallest absolute Gasteiger partial charge is 0.342 e. The molecule has 8 heavy (non-hydrogen) atoms. The van der Waals surface area contributed by atoms with Crippen LogP contribution in [0.3, 0.4) is 0 Å². The van der Waals surface area contributed by atoms with Gasteiger partial charge in [0.25, 0.3) is 0 Å². The van der Waals surface area contributed by atoms with Gasteiger partial charge in [-0.3, -0.25) is 0 Å². The number of thiocarbonyl (C=S) groups is 1. The van der Waals surface area contributed by atoms with E-state index in [1.54, 1.807) is 13.8 Å². The van der Waals surface area contributed by atoms with Crippen molar-refractivity contribution in [1.29, 1.82) is 0 Å². The third-order valence-corrected chi connectivity index (χ3v) is 1.38. The van der Waals surface area contributed by atoms with Crippen LogP contribution < -0.4 is 0 Å². The highest BCUT2D eigenvalue weighted by Gasteiger charge is 2.09. The van der Waals surface area contributed by atoms with Crippen molar-refractivity contribution in [3.63, 3.8) is 0 Å². The summed E-state index contributed by atoms with van der Waals surface area (Å²) in [5.74, 6) is -1.00. The number of aliphatic carboxylic acids is 1. The zero-order valence-electron chi connectivity index (χ0n) is 4.84. The van der Waals surface area contributed by atoms with Crippen LogP contribution in [0.15, 0.2) is 0 Å². The molecule has 0 radical (unpaired) electrons. The van der Waals surface area contributed by atoms with E-state index in [9.17, 15) is 4.79 Å². The van der Waals surface area contributed by atoms with Gasteiger partial charge in [-0.15, -0.1) is 0 Å². The summed E-state index contributed by atoms with van der Waals surface area (Å²) in [5.41, 5.74) is 0. The van der Waals surface area contributed by atoms with Crippen LogP contribution in [0.25, 0.3) is 0 Å². The topological polar surface area (TPSA) is 37.3 Å². The fourth-order valence-corrected chi connectivity index (χ4v) is 0.247. The Kier molecular flexibility index (Phi) is 2.62. The van der Waals surface area contributed by atoms with E-state index in [0.29, 0.717) is 0 Å². The molecule has 0 aromatic heterocycles. The van der Waals surface area contributed by atoms with Gasteiger partial charge in [0, 0.05) is 0 Å². The van der Waals surface area contributed by atoms with Gasteiger partial charge in [0.05, 0.1) is 0 Å². The van der Waals surface area contributed by atoms with Crippen LogP contribution in [0, 0.1) is 5.92 Å². The first-order chi connectivity index (χ1) is 3.55. The largest absolute Gasteiger partial charge is 0.477 e. The summed E-state index contributed by atoms with van der Waals surface area (Å²) in [7, 11) is 0. The van der Waals surface area contributed by atoms with Gasteiger partial charge in [0.1, 0.15) is 4.86 Å². The van der Waals surface area contributed by atoms with Crippen molar-refractivity contribution in [3.8, 4) is 0 Å². The standard InChI is InChI=1S/C5H8O2S/c1-3(2)4(8)5(6)7/h3H,1-2H3,(H,6,7). The zero-order valence-corrected chi connectivity index (χ0v) is 5.66. The molecule has 0 aliphatic rings. The lowest BCUT2D eigenvalue weighted by molar-refractivity contribution is -0.129. The van der Waals surface area contributed by atoms with Gasteiger partial charge in [0.15, 0.2) is 0 Å². The Balaban J connectivity index is 3.84. The maximum absolute atomic E-state index is 10.00. The van der Waals surface area contributed by atoms with Gasteiger partial charge in [-0.05, 0) is 5.92 Å². The summed E-state index contributed by atoms with van der Waals surface area (Å²) in [6.45, 7) is 3.52. The Bertz CT molecular complexity index is 118. The van der Waals surface area contributed by atoms with E-state index in [-0.39, 0.29) is 10.8 Å². The Morgan fingerprint density at radius 2 is 2.00 bits per heavy atom. The van der Waals surface area contributed by atoms with Crippen LogP contribution >= 0.6 is 12.2 Å². The fraction of sp³-hybridized carbons (Fsp3) is 0.600. The molecule has 46 valence electrons. The second kappa shape index (κ2) is 2.77. The van der Waals surface area contributed by atoms with Crippen molar-refractivity contribution < 1.29 is 9.90 Å². The van der Waals surface area contributed by atoms with Crippen LogP contribution in [0.4, 0.5) is 0 Å². The van der Waals surface area contributed by atoms with Gasteiger partial charge in [-0.1, -0.05) is 26.1 Å². The molecule has 0 aliphatic carbocycles. The van der Waals surface area contributed by atoms with E-state index in [0.717, 1.165) is 0 Å². The van der Waals surface area contributed by atoms with Crippen LogP contribution in [-0.4, -0.2) is 15.9 Å². The van der Waals surface area contributed by atoms with Crippen molar-refractivity contribution in [2.45, 2.75) is 13.8 Å². The molecule has 0 amide bonds. The fourth-order valence-electron chi connectivity index (χ4n) is 0.247. The van der Waals surface area contributed by atoms with Crippen molar-refractivity contribution in [3.05, 3.63) is 0 Å². The summed E-state index contributed by atoms with van der Waals surface area (Å²) < 4.78 is 0. The first-order valence-corrected chi connectivity index (χ1v) is 2.73. The van der Waals surface area contributed by atoms with Crippen LogP contribution in [0.5, 0.6) is 0 Å². The Labute approximate surface area is 53.5 Å². The minimum atomic E-state index is -0.977. The number of hydrogen-bond donors (Lipinski definition) is 1.